The van der Waals surface area contributed by atoms with Crippen LogP contribution in [0.3, 0.4) is 0 Å². The topological polar surface area (TPSA) is 69.1 Å². The fourth-order valence-corrected chi connectivity index (χ4v) is 0.998. The summed E-state index contributed by atoms with van der Waals surface area (Å²) in [5, 5.41) is -0.0331. The predicted octanol–water partition coefficient (Wildman–Crippen LogP) is 1.16. The van der Waals surface area contributed by atoms with E-state index in [1.54, 1.807) is 0 Å². The smallest absolute Gasteiger partial charge is 0.250 e. The molecule has 0 atom stereocenters. The average molecular weight is 189 g/mol. The molecule has 1 amide bonds. The van der Waals surface area contributed by atoms with Crippen molar-refractivity contribution in [2.45, 2.75) is 0 Å². The van der Waals surface area contributed by atoms with Gasteiger partial charge < -0.3 is 11.5 Å². The Morgan fingerprint density at radius 3 is 2.58 bits per heavy atom. The second-order valence-electron chi connectivity index (χ2n) is 2.22. The van der Waals surface area contributed by atoms with Gasteiger partial charge in [0.1, 0.15) is 5.82 Å². The number of hydrogen-bond donors (Lipinski definition) is 2. The number of amides is 1. The van der Waals surface area contributed by atoms with Crippen molar-refractivity contribution < 1.29 is 9.18 Å². The maximum atomic E-state index is 12.7. The largest absolute Gasteiger partial charge is 0.396 e. The van der Waals surface area contributed by atoms with Crippen LogP contribution in [0.25, 0.3) is 0 Å². The quantitative estimate of drug-likeness (QED) is 0.650. The Labute approximate surface area is 73.1 Å². The third kappa shape index (κ3) is 1.48. The molecule has 0 spiro atoms. The molecule has 0 unspecified atom stereocenters. The number of carbonyl (C=O) groups excluding carboxylic acids is 1. The molecule has 5 heteroatoms. The molecular formula is C7H6ClFN2O. The highest BCUT2D eigenvalue weighted by molar-refractivity contribution is 6.33. The van der Waals surface area contributed by atoms with E-state index in [0.717, 1.165) is 12.1 Å². The van der Waals surface area contributed by atoms with E-state index in [9.17, 15) is 9.18 Å². The standard InChI is InChI=1S/C7H6ClFN2O/c8-4-2-5(9)6(10)1-3(4)7(11)12/h1-2H,10H2,(H2,11,12). The number of benzene rings is 1. The van der Waals surface area contributed by atoms with Gasteiger partial charge in [-0.15, -0.1) is 0 Å². The van der Waals surface area contributed by atoms with Crippen LogP contribution >= 0.6 is 11.6 Å². The second kappa shape index (κ2) is 2.98. The summed E-state index contributed by atoms with van der Waals surface area (Å²) in [5.74, 6) is -1.39. The lowest BCUT2D eigenvalue weighted by Gasteiger charge is -2.01. The number of primary amides is 1. The molecule has 0 saturated heterocycles. The second-order valence-corrected chi connectivity index (χ2v) is 2.63. The third-order valence-corrected chi connectivity index (χ3v) is 1.66. The maximum absolute atomic E-state index is 12.7. The highest BCUT2D eigenvalue weighted by Gasteiger charge is 2.09. The van der Waals surface area contributed by atoms with E-state index >= 15 is 0 Å². The fourth-order valence-electron chi connectivity index (χ4n) is 0.755. The first kappa shape index (κ1) is 8.80. The zero-order valence-electron chi connectivity index (χ0n) is 5.97. The van der Waals surface area contributed by atoms with Crippen LogP contribution in [0, 0.1) is 5.82 Å². The molecule has 0 aliphatic heterocycles. The van der Waals surface area contributed by atoms with Gasteiger partial charge in [-0.2, -0.15) is 0 Å². The monoisotopic (exact) mass is 188 g/mol. The van der Waals surface area contributed by atoms with Gasteiger partial charge in [0.25, 0.3) is 0 Å². The van der Waals surface area contributed by atoms with E-state index in [1.165, 1.54) is 0 Å². The van der Waals surface area contributed by atoms with Crippen LogP contribution in [0.4, 0.5) is 10.1 Å². The van der Waals surface area contributed by atoms with Crippen molar-refractivity contribution in [1.82, 2.24) is 0 Å². The highest BCUT2D eigenvalue weighted by Crippen LogP contribution is 2.21. The molecule has 0 aliphatic rings. The average Bonchev–Trinajstić information content (AvgIpc) is 1.96. The lowest BCUT2D eigenvalue weighted by Crippen LogP contribution is -2.12. The summed E-state index contributed by atoms with van der Waals surface area (Å²) in [6.07, 6.45) is 0. The molecular weight excluding hydrogens is 183 g/mol. The minimum Gasteiger partial charge on any atom is -0.396 e. The molecule has 64 valence electrons. The number of rotatable bonds is 1. The summed E-state index contributed by atoms with van der Waals surface area (Å²) in [4.78, 5) is 10.6. The summed E-state index contributed by atoms with van der Waals surface area (Å²) in [6.45, 7) is 0. The summed E-state index contributed by atoms with van der Waals surface area (Å²) in [5.41, 5.74) is 10.00. The van der Waals surface area contributed by atoms with Crippen LogP contribution in [-0.4, -0.2) is 5.91 Å². The minimum absolute atomic E-state index is 0.0237. The highest BCUT2D eigenvalue weighted by atomic mass is 35.5. The van der Waals surface area contributed by atoms with E-state index in [4.69, 9.17) is 23.1 Å². The number of anilines is 1. The van der Waals surface area contributed by atoms with Crippen molar-refractivity contribution in [2.24, 2.45) is 5.73 Å². The van der Waals surface area contributed by atoms with Crippen LogP contribution < -0.4 is 11.5 Å². The Morgan fingerprint density at radius 1 is 1.50 bits per heavy atom. The van der Waals surface area contributed by atoms with Crippen LogP contribution in [0.5, 0.6) is 0 Å². The minimum atomic E-state index is -0.730. The van der Waals surface area contributed by atoms with E-state index < -0.39 is 11.7 Å². The number of hydrogen-bond acceptors (Lipinski definition) is 2. The normalized spacial score (nSPS) is 9.83. The van der Waals surface area contributed by atoms with Gasteiger partial charge in [0.15, 0.2) is 0 Å². The lowest BCUT2D eigenvalue weighted by molar-refractivity contribution is 0.100. The van der Waals surface area contributed by atoms with Gasteiger partial charge in [-0.3, -0.25) is 4.79 Å². The zero-order valence-corrected chi connectivity index (χ0v) is 6.73. The Morgan fingerprint density at radius 2 is 2.08 bits per heavy atom. The molecule has 0 aromatic heterocycles. The van der Waals surface area contributed by atoms with Gasteiger partial charge in [0.05, 0.1) is 16.3 Å². The van der Waals surface area contributed by atoms with E-state index in [0.29, 0.717) is 0 Å². The fraction of sp³-hybridized carbons (Fsp3) is 0. The van der Waals surface area contributed by atoms with Gasteiger partial charge in [-0.1, -0.05) is 11.6 Å². The van der Waals surface area contributed by atoms with Gasteiger partial charge in [-0.25, -0.2) is 4.39 Å². The first-order valence-corrected chi connectivity index (χ1v) is 3.44. The summed E-state index contributed by atoms with van der Waals surface area (Å²) < 4.78 is 12.7. The first-order valence-electron chi connectivity index (χ1n) is 3.06. The van der Waals surface area contributed by atoms with Crippen LogP contribution in [0.15, 0.2) is 12.1 Å². The molecule has 3 nitrogen and oxygen atoms in total. The molecule has 0 saturated carbocycles. The number of nitrogen functional groups attached to an aromatic ring is 1. The van der Waals surface area contributed by atoms with E-state index in [-0.39, 0.29) is 16.3 Å². The molecule has 0 bridgehead atoms. The van der Waals surface area contributed by atoms with Gasteiger partial charge in [0.2, 0.25) is 5.91 Å². The Hall–Kier alpha value is -1.29. The SMILES string of the molecule is NC(=O)c1cc(N)c(F)cc1Cl. The molecule has 4 N–H and O–H groups in total. The van der Waals surface area contributed by atoms with Gasteiger partial charge in [0, 0.05) is 0 Å². The van der Waals surface area contributed by atoms with Crippen LogP contribution in [-0.2, 0) is 0 Å². The number of halogens is 2. The van der Waals surface area contributed by atoms with Crippen molar-refractivity contribution in [3.05, 3.63) is 28.5 Å². The molecule has 1 aromatic rings. The molecule has 0 fully saturated rings. The molecule has 1 aromatic carbocycles. The maximum Gasteiger partial charge on any atom is 0.250 e. The predicted molar refractivity (Wildman–Crippen MR) is 44.3 cm³/mol. The van der Waals surface area contributed by atoms with E-state index in [1.807, 2.05) is 0 Å². The number of carbonyl (C=O) groups is 1. The van der Waals surface area contributed by atoms with Crippen molar-refractivity contribution in [1.29, 1.82) is 0 Å². The summed E-state index contributed by atoms with van der Waals surface area (Å²) >= 11 is 5.50. The summed E-state index contributed by atoms with van der Waals surface area (Å²) in [7, 11) is 0. The molecule has 0 aliphatic carbocycles. The van der Waals surface area contributed by atoms with Gasteiger partial charge in [-0.05, 0) is 12.1 Å². The molecule has 0 radical (unpaired) electrons. The molecule has 0 heterocycles. The van der Waals surface area contributed by atoms with Crippen molar-refractivity contribution in [3.8, 4) is 0 Å². The molecule has 1 rings (SSSR count). The van der Waals surface area contributed by atoms with Crippen molar-refractivity contribution in [2.75, 3.05) is 5.73 Å². The van der Waals surface area contributed by atoms with Crippen LogP contribution in [0.1, 0.15) is 10.4 Å². The Kier molecular flexibility index (Phi) is 2.19. The summed E-state index contributed by atoms with van der Waals surface area (Å²) in [6, 6.07) is 2.07. The van der Waals surface area contributed by atoms with Crippen molar-refractivity contribution >= 4 is 23.2 Å². The molecule has 12 heavy (non-hydrogen) atoms. The van der Waals surface area contributed by atoms with Crippen molar-refractivity contribution in [3.63, 3.8) is 0 Å². The lowest BCUT2D eigenvalue weighted by atomic mass is 10.2. The third-order valence-electron chi connectivity index (χ3n) is 1.35. The first-order chi connectivity index (χ1) is 5.52. The van der Waals surface area contributed by atoms with Crippen LogP contribution in [0.2, 0.25) is 5.02 Å². The number of nitrogens with two attached hydrogens (primary N) is 2. The zero-order chi connectivity index (χ0) is 9.30. The Balaban J connectivity index is 3.33. The van der Waals surface area contributed by atoms with Gasteiger partial charge >= 0.3 is 0 Å². The van der Waals surface area contributed by atoms with E-state index in [2.05, 4.69) is 0 Å². The Bertz CT molecular complexity index is 340.